The Kier molecular flexibility index (Phi) is 44.3. The molecular weight excluding hydrogens is 663 g/mol. The number of allylic oxidation sites excluding steroid dienone is 7. The van der Waals surface area contributed by atoms with Gasteiger partial charge in [-0.1, -0.05) is 223 Å². The topological polar surface area (TPSA) is 69.6 Å². The van der Waals surface area contributed by atoms with Crippen LogP contribution in [0.3, 0.4) is 0 Å². The van der Waals surface area contributed by atoms with Crippen LogP contribution in [0.1, 0.15) is 245 Å². The van der Waals surface area contributed by atoms with Crippen LogP contribution in [0, 0.1) is 0 Å². The quantitative estimate of drug-likeness (QED) is 0.0429. The van der Waals surface area contributed by atoms with Gasteiger partial charge in [0.25, 0.3) is 0 Å². The molecule has 2 unspecified atom stereocenters. The van der Waals surface area contributed by atoms with Crippen molar-refractivity contribution in [3.8, 4) is 0 Å². The number of carbonyl (C=O) groups excluding carboxylic acids is 1. The molecule has 0 aliphatic heterocycles. The molecule has 316 valence electrons. The van der Waals surface area contributed by atoms with Crippen LogP contribution in [0.5, 0.6) is 0 Å². The van der Waals surface area contributed by atoms with Gasteiger partial charge in [-0.3, -0.25) is 4.79 Å². The molecule has 0 heterocycles. The van der Waals surface area contributed by atoms with Crippen LogP contribution in [0.15, 0.2) is 48.6 Å². The van der Waals surface area contributed by atoms with Crippen LogP contribution in [0.25, 0.3) is 0 Å². The molecule has 2 atom stereocenters. The van der Waals surface area contributed by atoms with Crippen molar-refractivity contribution >= 4 is 5.91 Å². The zero-order chi connectivity index (χ0) is 39.3. The average molecular weight is 756 g/mol. The number of nitrogens with one attached hydrogen (secondary N) is 1. The highest BCUT2D eigenvalue weighted by Gasteiger charge is 2.17. The second-order valence-corrected chi connectivity index (χ2v) is 16.2. The summed E-state index contributed by atoms with van der Waals surface area (Å²) in [6.07, 6.45) is 62.3. The van der Waals surface area contributed by atoms with Crippen molar-refractivity contribution in [2.75, 3.05) is 6.61 Å². The summed E-state index contributed by atoms with van der Waals surface area (Å²) in [5.41, 5.74) is 0. The Morgan fingerprint density at radius 2 is 0.778 bits per heavy atom. The third-order valence-corrected chi connectivity index (χ3v) is 10.8. The number of unbranched alkanes of at least 4 members (excludes halogenated alkanes) is 30. The Morgan fingerprint density at radius 3 is 1.19 bits per heavy atom. The van der Waals surface area contributed by atoms with E-state index in [9.17, 15) is 15.0 Å². The van der Waals surface area contributed by atoms with Crippen LogP contribution >= 0.6 is 0 Å². The van der Waals surface area contributed by atoms with E-state index < -0.39 is 12.1 Å². The van der Waals surface area contributed by atoms with E-state index in [1.807, 2.05) is 6.08 Å². The Bertz CT molecular complexity index is 862. The zero-order valence-electron chi connectivity index (χ0n) is 36.2. The van der Waals surface area contributed by atoms with Gasteiger partial charge in [0.05, 0.1) is 18.8 Å². The number of rotatable bonds is 43. The molecule has 0 aliphatic rings. The molecular formula is C50H93NO3. The monoisotopic (exact) mass is 756 g/mol. The highest BCUT2D eigenvalue weighted by atomic mass is 16.3. The van der Waals surface area contributed by atoms with Gasteiger partial charge in [0, 0.05) is 6.42 Å². The van der Waals surface area contributed by atoms with Crippen molar-refractivity contribution < 1.29 is 15.0 Å². The number of amides is 1. The lowest BCUT2D eigenvalue weighted by atomic mass is 10.0. The zero-order valence-corrected chi connectivity index (χ0v) is 36.2. The second kappa shape index (κ2) is 45.7. The van der Waals surface area contributed by atoms with E-state index in [0.29, 0.717) is 6.42 Å². The Hall–Kier alpha value is -1.65. The van der Waals surface area contributed by atoms with Gasteiger partial charge in [-0.2, -0.15) is 0 Å². The molecule has 1 amide bonds. The maximum atomic E-state index is 12.4. The fraction of sp³-hybridized carbons (Fsp3) is 0.820. The molecule has 0 radical (unpaired) electrons. The van der Waals surface area contributed by atoms with Gasteiger partial charge in [-0.15, -0.1) is 0 Å². The van der Waals surface area contributed by atoms with Crippen molar-refractivity contribution in [2.24, 2.45) is 0 Å². The van der Waals surface area contributed by atoms with E-state index in [0.717, 1.165) is 38.5 Å². The highest BCUT2D eigenvalue weighted by molar-refractivity contribution is 5.76. The highest BCUT2D eigenvalue weighted by Crippen LogP contribution is 2.15. The molecule has 0 spiro atoms. The van der Waals surface area contributed by atoms with E-state index in [1.165, 1.54) is 186 Å². The van der Waals surface area contributed by atoms with Crippen molar-refractivity contribution in [3.63, 3.8) is 0 Å². The van der Waals surface area contributed by atoms with Gasteiger partial charge in [0.1, 0.15) is 0 Å². The number of carbonyl (C=O) groups is 1. The number of aliphatic hydroxyl groups is 2. The minimum Gasteiger partial charge on any atom is -0.394 e. The van der Waals surface area contributed by atoms with Gasteiger partial charge in [0.2, 0.25) is 5.91 Å². The Morgan fingerprint density at radius 1 is 0.444 bits per heavy atom. The van der Waals surface area contributed by atoms with E-state index in [4.69, 9.17) is 0 Å². The lowest BCUT2D eigenvalue weighted by Crippen LogP contribution is -2.45. The largest absolute Gasteiger partial charge is 0.394 e. The SMILES string of the molecule is CCCCCCC/C=C\C/C=C\CCCCCCCCCCCCCC(=O)NC(CO)C(O)/C=C/CC/C=C/CCCCCCCCCCCCCCC. The molecule has 4 heteroatoms. The normalized spacial score (nSPS) is 13.3. The molecule has 0 saturated carbocycles. The van der Waals surface area contributed by atoms with Crippen molar-refractivity contribution in [2.45, 2.75) is 257 Å². The van der Waals surface area contributed by atoms with Gasteiger partial charge < -0.3 is 15.5 Å². The molecule has 0 saturated heterocycles. The van der Waals surface area contributed by atoms with E-state index >= 15 is 0 Å². The molecule has 4 nitrogen and oxygen atoms in total. The van der Waals surface area contributed by atoms with Crippen molar-refractivity contribution in [1.29, 1.82) is 0 Å². The van der Waals surface area contributed by atoms with Crippen LogP contribution in [-0.2, 0) is 4.79 Å². The third kappa shape index (κ3) is 41.5. The van der Waals surface area contributed by atoms with Gasteiger partial charge in [0.15, 0.2) is 0 Å². The maximum Gasteiger partial charge on any atom is 0.220 e. The first kappa shape index (κ1) is 52.3. The smallest absolute Gasteiger partial charge is 0.220 e. The molecule has 0 aromatic rings. The van der Waals surface area contributed by atoms with Crippen LogP contribution in [0.2, 0.25) is 0 Å². The summed E-state index contributed by atoms with van der Waals surface area (Å²) in [6.45, 7) is 4.30. The predicted molar refractivity (Wildman–Crippen MR) is 239 cm³/mol. The van der Waals surface area contributed by atoms with Crippen molar-refractivity contribution in [3.05, 3.63) is 48.6 Å². The maximum absolute atomic E-state index is 12.4. The fourth-order valence-electron chi connectivity index (χ4n) is 7.11. The van der Waals surface area contributed by atoms with E-state index in [-0.39, 0.29) is 12.5 Å². The van der Waals surface area contributed by atoms with E-state index in [2.05, 4.69) is 55.6 Å². The standard InChI is InChI=1S/C50H93NO3/c1-3-5-7-9-11-13-15-17-19-21-23-24-25-26-28-30-32-34-36-38-40-42-44-46-50(54)51-48(47-52)49(53)45-43-41-39-37-35-33-31-29-27-22-20-18-16-14-12-10-8-6-4-2/h15,17,21,23,35,37,43,45,48-49,52-53H,3-14,16,18-20,22,24-34,36,38-42,44,46-47H2,1-2H3,(H,51,54)/b17-15-,23-21-,37-35+,45-43+. The van der Waals surface area contributed by atoms with Crippen LogP contribution < -0.4 is 5.32 Å². The Balaban J connectivity index is 3.59. The minimum atomic E-state index is -0.863. The Labute approximate surface area is 337 Å². The first-order valence-electron chi connectivity index (χ1n) is 23.9. The summed E-state index contributed by atoms with van der Waals surface area (Å²) >= 11 is 0. The number of aliphatic hydroxyl groups excluding tert-OH is 2. The second-order valence-electron chi connectivity index (χ2n) is 16.2. The van der Waals surface area contributed by atoms with Gasteiger partial charge >= 0.3 is 0 Å². The van der Waals surface area contributed by atoms with Crippen LogP contribution in [0.4, 0.5) is 0 Å². The summed E-state index contributed by atoms with van der Waals surface area (Å²) in [5.74, 6) is -0.0755. The molecule has 0 aromatic heterocycles. The predicted octanol–water partition coefficient (Wildman–Crippen LogP) is 15.1. The molecule has 0 rings (SSSR count). The molecule has 0 fully saturated rings. The summed E-state index contributed by atoms with van der Waals surface area (Å²) in [7, 11) is 0. The van der Waals surface area contributed by atoms with Crippen LogP contribution in [-0.4, -0.2) is 34.9 Å². The van der Waals surface area contributed by atoms with E-state index in [1.54, 1.807) is 6.08 Å². The summed E-state index contributed by atoms with van der Waals surface area (Å²) in [6, 6.07) is -0.640. The molecule has 0 bridgehead atoms. The molecule has 54 heavy (non-hydrogen) atoms. The van der Waals surface area contributed by atoms with Crippen molar-refractivity contribution in [1.82, 2.24) is 5.32 Å². The lowest BCUT2D eigenvalue weighted by molar-refractivity contribution is -0.123. The fourth-order valence-corrected chi connectivity index (χ4v) is 7.11. The summed E-state index contributed by atoms with van der Waals surface area (Å²) in [4.78, 5) is 12.4. The van der Waals surface area contributed by atoms with Gasteiger partial charge in [-0.05, 0) is 64.2 Å². The number of hydrogen-bond acceptors (Lipinski definition) is 3. The summed E-state index contributed by atoms with van der Waals surface area (Å²) in [5, 5.41) is 23.0. The number of hydrogen-bond donors (Lipinski definition) is 3. The molecule has 3 N–H and O–H groups in total. The van der Waals surface area contributed by atoms with Gasteiger partial charge in [-0.25, -0.2) is 0 Å². The third-order valence-electron chi connectivity index (χ3n) is 10.8. The summed E-state index contributed by atoms with van der Waals surface area (Å²) < 4.78 is 0. The first-order valence-corrected chi connectivity index (χ1v) is 23.9. The average Bonchev–Trinajstić information content (AvgIpc) is 3.18. The molecule has 0 aromatic carbocycles. The molecule has 0 aliphatic carbocycles. The lowest BCUT2D eigenvalue weighted by Gasteiger charge is -2.19. The minimum absolute atomic E-state index is 0.0755. The first-order chi connectivity index (χ1) is 26.7.